The zero-order chi connectivity index (χ0) is 13.3. The predicted octanol–water partition coefficient (Wildman–Crippen LogP) is 2.86. The van der Waals surface area contributed by atoms with E-state index in [1.807, 2.05) is 50.2 Å². The molecule has 0 bridgehead atoms. The summed E-state index contributed by atoms with van der Waals surface area (Å²) in [5.74, 6) is 1.12. The third-order valence-electron chi connectivity index (χ3n) is 2.68. The SMILES string of the molecule is Cc1nc(-c2ccc(N(C)C)cc2)nc(N)c1Br. The van der Waals surface area contributed by atoms with Gasteiger partial charge in [-0.25, -0.2) is 9.97 Å². The number of rotatable bonds is 2. The van der Waals surface area contributed by atoms with Gasteiger partial charge in [-0.3, -0.25) is 0 Å². The monoisotopic (exact) mass is 306 g/mol. The molecule has 1 aromatic carbocycles. The highest BCUT2D eigenvalue weighted by Crippen LogP contribution is 2.25. The molecule has 2 aromatic rings. The lowest BCUT2D eigenvalue weighted by atomic mass is 10.2. The summed E-state index contributed by atoms with van der Waals surface area (Å²) in [5.41, 5.74) is 8.77. The zero-order valence-corrected chi connectivity index (χ0v) is 12.2. The van der Waals surface area contributed by atoms with Crippen molar-refractivity contribution in [3.05, 3.63) is 34.4 Å². The first-order valence-electron chi connectivity index (χ1n) is 5.56. The Labute approximate surface area is 115 Å². The number of aromatic nitrogens is 2. The van der Waals surface area contributed by atoms with Gasteiger partial charge >= 0.3 is 0 Å². The van der Waals surface area contributed by atoms with E-state index in [4.69, 9.17) is 5.73 Å². The van der Waals surface area contributed by atoms with E-state index in [0.29, 0.717) is 11.6 Å². The van der Waals surface area contributed by atoms with Crippen LogP contribution in [0.1, 0.15) is 5.69 Å². The van der Waals surface area contributed by atoms with Crippen molar-refractivity contribution in [2.45, 2.75) is 6.92 Å². The lowest BCUT2D eigenvalue weighted by molar-refractivity contribution is 1.10. The van der Waals surface area contributed by atoms with Crippen LogP contribution in [0.2, 0.25) is 0 Å². The summed E-state index contributed by atoms with van der Waals surface area (Å²) in [7, 11) is 4.01. The van der Waals surface area contributed by atoms with Crippen LogP contribution in [0.15, 0.2) is 28.7 Å². The second kappa shape index (κ2) is 4.94. The molecule has 1 heterocycles. The van der Waals surface area contributed by atoms with E-state index in [-0.39, 0.29) is 0 Å². The van der Waals surface area contributed by atoms with Crippen LogP contribution < -0.4 is 10.6 Å². The van der Waals surface area contributed by atoms with E-state index < -0.39 is 0 Å². The number of benzene rings is 1. The molecule has 5 heteroatoms. The number of nitrogen functional groups attached to an aromatic ring is 1. The molecule has 2 rings (SSSR count). The second-order valence-corrected chi connectivity index (χ2v) is 5.07. The van der Waals surface area contributed by atoms with Crippen molar-refractivity contribution in [2.75, 3.05) is 24.7 Å². The smallest absolute Gasteiger partial charge is 0.161 e. The van der Waals surface area contributed by atoms with E-state index >= 15 is 0 Å². The fraction of sp³-hybridized carbons (Fsp3) is 0.231. The molecule has 2 N–H and O–H groups in total. The summed E-state index contributed by atoms with van der Waals surface area (Å²) < 4.78 is 0.760. The van der Waals surface area contributed by atoms with Crippen molar-refractivity contribution >= 4 is 27.4 Å². The lowest BCUT2D eigenvalue weighted by Crippen LogP contribution is -2.08. The summed E-state index contributed by atoms with van der Waals surface area (Å²) >= 11 is 3.36. The van der Waals surface area contributed by atoms with Crippen molar-refractivity contribution < 1.29 is 0 Å². The van der Waals surface area contributed by atoms with Crippen LogP contribution in [0.3, 0.4) is 0 Å². The molecule has 0 spiro atoms. The van der Waals surface area contributed by atoms with E-state index in [2.05, 4.69) is 25.9 Å². The molecule has 1 aromatic heterocycles. The average Bonchev–Trinajstić information content (AvgIpc) is 2.35. The van der Waals surface area contributed by atoms with Gasteiger partial charge in [-0.05, 0) is 47.1 Å². The highest BCUT2D eigenvalue weighted by molar-refractivity contribution is 9.10. The molecule has 4 nitrogen and oxygen atoms in total. The van der Waals surface area contributed by atoms with Gasteiger partial charge in [-0.15, -0.1) is 0 Å². The first kappa shape index (κ1) is 12.8. The Morgan fingerprint density at radius 1 is 1.11 bits per heavy atom. The predicted molar refractivity (Wildman–Crippen MR) is 78.6 cm³/mol. The Hall–Kier alpha value is -1.62. The van der Waals surface area contributed by atoms with Crippen LogP contribution in [0.5, 0.6) is 0 Å². The fourth-order valence-electron chi connectivity index (χ4n) is 1.62. The second-order valence-electron chi connectivity index (χ2n) is 4.27. The normalized spacial score (nSPS) is 10.4. The van der Waals surface area contributed by atoms with Gasteiger partial charge in [-0.1, -0.05) is 0 Å². The first-order valence-corrected chi connectivity index (χ1v) is 6.35. The Balaban J connectivity index is 2.43. The van der Waals surface area contributed by atoms with Gasteiger partial charge in [-0.2, -0.15) is 0 Å². The Kier molecular flexibility index (Phi) is 3.52. The molecule has 0 unspecified atom stereocenters. The van der Waals surface area contributed by atoms with Crippen LogP contribution in [-0.4, -0.2) is 24.1 Å². The number of hydrogen-bond donors (Lipinski definition) is 1. The van der Waals surface area contributed by atoms with E-state index in [0.717, 1.165) is 21.4 Å². The highest BCUT2D eigenvalue weighted by Gasteiger charge is 2.08. The first-order chi connectivity index (χ1) is 8.49. The molecular formula is C13H15BrN4. The number of anilines is 2. The van der Waals surface area contributed by atoms with Crippen LogP contribution in [0.4, 0.5) is 11.5 Å². The molecule has 0 amide bonds. The maximum absolute atomic E-state index is 5.83. The third kappa shape index (κ3) is 2.46. The molecule has 0 atom stereocenters. The van der Waals surface area contributed by atoms with Crippen molar-refractivity contribution in [1.82, 2.24) is 9.97 Å². The maximum atomic E-state index is 5.83. The molecular weight excluding hydrogens is 292 g/mol. The minimum atomic E-state index is 0.467. The van der Waals surface area contributed by atoms with Crippen molar-refractivity contribution in [2.24, 2.45) is 0 Å². The quantitative estimate of drug-likeness (QED) is 0.927. The van der Waals surface area contributed by atoms with Crippen LogP contribution in [0.25, 0.3) is 11.4 Å². The Bertz CT molecular complexity index is 541. The molecule has 0 aliphatic rings. The van der Waals surface area contributed by atoms with Gasteiger partial charge in [0.15, 0.2) is 5.82 Å². The van der Waals surface area contributed by atoms with Crippen LogP contribution >= 0.6 is 15.9 Å². The highest BCUT2D eigenvalue weighted by atomic mass is 79.9. The minimum Gasteiger partial charge on any atom is -0.383 e. The molecule has 18 heavy (non-hydrogen) atoms. The van der Waals surface area contributed by atoms with Gasteiger partial charge in [0.25, 0.3) is 0 Å². The standard InChI is InChI=1S/C13H15BrN4/c1-8-11(14)12(15)17-13(16-8)9-4-6-10(7-5-9)18(2)3/h4-7H,1-3H3,(H2,15,16,17). The van der Waals surface area contributed by atoms with Gasteiger partial charge in [0.2, 0.25) is 0 Å². The van der Waals surface area contributed by atoms with Crippen molar-refractivity contribution in [3.63, 3.8) is 0 Å². The Morgan fingerprint density at radius 2 is 1.72 bits per heavy atom. The number of nitrogens with zero attached hydrogens (tertiary/aromatic N) is 3. The molecule has 0 aliphatic carbocycles. The van der Waals surface area contributed by atoms with Gasteiger partial charge < -0.3 is 10.6 Å². The zero-order valence-electron chi connectivity index (χ0n) is 10.6. The van der Waals surface area contributed by atoms with Crippen LogP contribution in [0, 0.1) is 6.92 Å². The summed E-state index contributed by atoms with van der Waals surface area (Å²) in [5, 5.41) is 0. The molecule has 0 aliphatic heterocycles. The lowest BCUT2D eigenvalue weighted by Gasteiger charge is -2.12. The number of hydrogen-bond acceptors (Lipinski definition) is 4. The minimum absolute atomic E-state index is 0.467. The summed E-state index contributed by atoms with van der Waals surface area (Å²) in [6.45, 7) is 1.90. The molecule has 0 radical (unpaired) electrons. The maximum Gasteiger partial charge on any atom is 0.161 e. The van der Waals surface area contributed by atoms with Crippen molar-refractivity contribution in [3.8, 4) is 11.4 Å². The van der Waals surface area contributed by atoms with Gasteiger partial charge in [0, 0.05) is 25.3 Å². The van der Waals surface area contributed by atoms with Gasteiger partial charge in [0.05, 0.1) is 10.2 Å². The number of aryl methyl sites for hydroxylation is 1. The largest absolute Gasteiger partial charge is 0.383 e. The number of nitrogens with two attached hydrogens (primary N) is 1. The molecule has 0 saturated heterocycles. The van der Waals surface area contributed by atoms with Crippen molar-refractivity contribution in [1.29, 1.82) is 0 Å². The number of halogens is 1. The summed E-state index contributed by atoms with van der Waals surface area (Å²) in [6, 6.07) is 8.06. The molecule has 94 valence electrons. The molecule has 0 fully saturated rings. The third-order valence-corrected chi connectivity index (χ3v) is 3.66. The van der Waals surface area contributed by atoms with Crippen LogP contribution in [-0.2, 0) is 0 Å². The van der Waals surface area contributed by atoms with E-state index in [9.17, 15) is 0 Å². The molecule has 0 saturated carbocycles. The topological polar surface area (TPSA) is 55.0 Å². The average molecular weight is 307 g/mol. The summed E-state index contributed by atoms with van der Waals surface area (Å²) in [4.78, 5) is 10.8. The summed E-state index contributed by atoms with van der Waals surface area (Å²) in [6.07, 6.45) is 0. The van der Waals surface area contributed by atoms with Gasteiger partial charge in [0.1, 0.15) is 5.82 Å². The fourth-order valence-corrected chi connectivity index (χ4v) is 1.80. The van der Waals surface area contributed by atoms with E-state index in [1.54, 1.807) is 0 Å². The Morgan fingerprint density at radius 3 is 2.22 bits per heavy atom. The van der Waals surface area contributed by atoms with E-state index in [1.165, 1.54) is 0 Å².